The highest BCUT2D eigenvalue weighted by atomic mass is 35.5. The standard InChI is InChI=1S/C21H25N5O.2ClH/c22-17-8-5-6-15(17)14-20(27)25-21-24-18-9-1-2-10-19(18)26(21)13-11-16-7-3-4-12-23-16;;/h1-4,7,9-10,12,15,17H,5-6,8,11,13-14,22H2,(H,24,25,27);2*1H/t15-,17+;;/m0../s1. The number of amides is 1. The van der Waals surface area contributed by atoms with Gasteiger partial charge in [0.25, 0.3) is 0 Å². The first kappa shape index (κ1) is 23.1. The molecule has 8 heteroatoms. The summed E-state index contributed by atoms with van der Waals surface area (Å²) < 4.78 is 2.07. The molecule has 0 saturated heterocycles. The van der Waals surface area contributed by atoms with Crippen molar-refractivity contribution in [1.29, 1.82) is 0 Å². The lowest BCUT2D eigenvalue weighted by molar-refractivity contribution is -0.117. The van der Waals surface area contributed by atoms with Crippen LogP contribution < -0.4 is 11.1 Å². The maximum atomic E-state index is 12.6. The Bertz CT molecular complexity index is 931. The minimum absolute atomic E-state index is 0. The minimum atomic E-state index is -0.00765. The predicted molar refractivity (Wildman–Crippen MR) is 121 cm³/mol. The van der Waals surface area contributed by atoms with Crippen molar-refractivity contribution in [2.24, 2.45) is 11.7 Å². The van der Waals surface area contributed by atoms with Gasteiger partial charge in [0.2, 0.25) is 11.9 Å². The third-order valence-corrected chi connectivity index (χ3v) is 5.39. The van der Waals surface area contributed by atoms with Gasteiger partial charge in [-0.1, -0.05) is 24.6 Å². The first-order valence-corrected chi connectivity index (χ1v) is 9.61. The molecule has 3 aromatic rings. The fourth-order valence-corrected chi connectivity index (χ4v) is 3.90. The zero-order chi connectivity index (χ0) is 18.6. The van der Waals surface area contributed by atoms with Crippen LogP contribution in [0.4, 0.5) is 5.95 Å². The van der Waals surface area contributed by atoms with Gasteiger partial charge in [-0.15, -0.1) is 24.8 Å². The molecule has 0 bridgehead atoms. The van der Waals surface area contributed by atoms with Crippen LogP contribution in [0.1, 0.15) is 31.4 Å². The van der Waals surface area contributed by atoms with E-state index in [0.717, 1.165) is 42.4 Å². The van der Waals surface area contributed by atoms with E-state index < -0.39 is 0 Å². The number of nitrogens with one attached hydrogen (secondary N) is 1. The van der Waals surface area contributed by atoms with Crippen LogP contribution >= 0.6 is 24.8 Å². The summed E-state index contributed by atoms with van der Waals surface area (Å²) in [7, 11) is 0. The molecule has 156 valence electrons. The van der Waals surface area contributed by atoms with E-state index in [1.165, 1.54) is 0 Å². The molecular weight excluding hydrogens is 409 g/mol. The van der Waals surface area contributed by atoms with Gasteiger partial charge in [-0.3, -0.25) is 15.1 Å². The van der Waals surface area contributed by atoms with E-state index in [1.807, 2.05) is 42.5 Å². The number of benzene rings is 1. The molecule has 1 fully saturated rings. The smallest absolute Gasteiger partial charge is 0.227 e. The molecule has 4 rings (SSSR count). The van der Waals surface area contributed by atoms with Crippen molar-refractivity contribution in [3.8, 4) is 0 Å². The summed E-state index contributed by atoms with van der Waals surface area (Å²) in [6, 6.07) is 14.0. The average Bonchev–Trinajstić information content (AvgIpc) is 3.24. The maximum Gasteiger partial charge on any atom is 0.227 e. The Hall–Kier alpha value is -2.15. The third-order valence-electron chi connectivity index (χ3n) is 5.39. The van der Waals surface area contributed by atoms with Gasteiger partial charge < -0.3 is 10.3 Å². The number of fused-ring (bicyclic) bond motifs is 1. The third kappa shape index (κ3) is 5.47. The molecule has 1 amide bonds. The fourth-order valence-electron chi connectivity index (χ4n) is 3.90. The Morgan fingerprint density at radius 2 is 1.93 bits per heavy atom. The topological polar surface area (TPSA) is 85.8 Å². The van der Waals surface area contributed by atoms with E-state index in [4.69, 9.17) is 5.73 Å². The Labute approximate surface area is 183 Å². The van der Waals surface area contributed by atoms with E-state index in [-0.39, 0.29) is 42.7 Å². The molecule has 0 spiro atoms. The number of carbonyl (C=O) groups is 1. The number of nitrogens with two attached hydrogens (primary N) is 1. The molecular formula is C21H27Cl2N5O. The van der Waals surface area contributed by atoms with E-state index >= 15 is 0 Å². The van der Waals surface area contributed by atoms with Crippen LogP contribution in [0, 0.1) is 5.92 Å². The summed E-state index contributed by atoms with van der Waals surface area (Å²) in [6.07, 6.45) is 6.20. The zero-order valence-corrected chi connectivity index (χ0v) is 17.8. The molecule has 0 radical (unpaired) electrons. The lowest BCUT2D eigenvalue weighted by Gasteiger charge is -2.15. The van der Waals surface area contributed by atoms with Crippen LogP contribution in [0.25, 0.3) is 11.0 Å². The van der Waals surface area contributed by atoms with Crippen molar-refractivity contribution in [2.45, 2.75) is 44.7 Å². The molecule has 2 atom stereocenters. The number of aryl methyl sites for hydroxylation is 2. The summed E-state index contributed by atoms with van der Waals surface area (Å²) in [4.78, 5) is 21.6. The normalized spacial score (nSPS) is 18.1. The van der Waals surface area contributed by atoms with Crippen LogP contribution in [-0.2, 0) is 17.8 Å². The van der Waals surface area contributed by atoms with Crippen molar-refractivity contribution in [3.63, 3.8) is 0 Å². The monoisotopic (exact) mass is 435 g/mol. The number of anilines is 1. The predicted octanol–water partition coefficient (Wildman–Crippen LogP) is 3.97. The number of aromatic nitrogens is 3. The number of hydrogen-bond acceptors (Lipinski definition) is 4. The molecule has 29 heavy (non-hydrogen) atoms. The summed E-state index contributed by atoms with van der Waals surface area (Å²) in [5, 5.41) is 3.02. The van der Waals surface area contributed by atoms with Gasteiger partial charge in [-0.25, -0.2) is 4.98 Å². The number of halogens is 2. The molecule has 6 nitrogen and oxygen atoms in total. The van der Waals surface area contributed by atoms with Crippen molar-refractivity contribution in [3.05, 3.63) is 54.4 Å². The van der Waals surface area contributed by atoms with E-state index in [9.17, 15) is 4.79 Å². The molecule has 2 heterocycles. The van der Waals surface area contributed by atoms with E-state index in [0.29, 0.717) is 18.9 Å². The Kier molecular flexibility index (Phi) is 8.44. The molecule has 1 aromatic carbocycles. The number of rotatable bonds is 6. The summed E-state index contributed by atoms with van der Waals surface area (Å²) in [6.45, 7) is 0.704. The van der Waals surface area contributed by atoms with Gasteiger partial charge in [-0.05, 0) is 43.0 Å². The minimum Gasteiger partial charge on any atom is -0.327 e. The second kappa shape index (κ2) is 10.6. The SMILES string of the molecule is Cl.Cl.N[C@@H]1CCC[C@H]1CC(=O)Nc1nc2ccccc2n1CCc1ccccn1. The van der Waals surface area contributed by atoms with Crippen LogP contribution in [0.3, 0.4) is 0 Å². The second-order valence-corrected chi connectivity index (χ2v) is 7.25. The molecule has 1 aliphatic carbocycles. The lowest BCUT2D eigenvalue weighted by Crippen LogP contribution is -2.28. The van der Waals surface area contributed by atoms with Gasteiger partial charge >= 0.3 is 0 Å². The number of para-hydroxylation sites is 2. The summed E-state index contributed by atoms with van der Waals surface area (Å²) in [5.41, 5.74) is 9.03. The number of hydrogen-bond donors (Lipinski definition) is 2. The van der Waals surface area contributed by atoms with Crippen LogP contribution in [0.2, 0.25) is 0 Å². The Balaban J connectivity index is 0.00000150. The molecule has 1 aliphatic rings. The van der Waals surface area contributed by atoms with Gasteiger partial charge in [0.15, 0.2) is 0 Å². The first-order valence-electron chi connectivity index (χ1n) is 9.61. The molecule has 3 N–H and O–H groups in total. The van der Waals surface area contributed by atoms with Crippen molar-refractivity contribution in [1.82, 2.24) is 14.5 Å². The van der Waals surface area contributed by atoms with Gasteiger partial charge in [0.1, 0.15) is 0 Å². The number of pyridine rings is 1. The van der Waals surface area contributed by atoms with Gasteiger partial charge in [0.05, 0.1) is 11.0 Å². The Morgan fingerprint density at radius 3 is 2.66 bits per heavy atom. The van der Waals surface area contributed by atoms with Gasteiger partial charge in [-0.2, -0.15) is 0 Å². The van der Waals surface area contributed by atoms with E-state index in [1.54, 1.807) is 6.20 Å². The highest BCUT2D eigenvalue weighted by molar-refractivity contribution is 5.91. The molecule has 0 unspecified atom stereocenters. The number of imidazole rings is 1. The average molecular weight is 436 g/mol. The Morgan fingerprint density at radius 1 is 1.14 bits per heavy atom. The van der Waals surface area contributed by atoms with Gasteiger partial charge in [0, 0.05) is 37.3 Å². The highest BCUT2D eigenvalue weighted by Crippen LogP contribution is 2.27. The van der Waals surface area contributed by atoms with Crippen molar-refractivity contribution < 1.29 is 4.79 Å². The maximum absolute atomic E-state index is 12.6. The van der Waals surface area contributed by atoms with Crippen LogP contribution in [0.15, 0.2) is 48.7 Å². The first-order chi connectivity index (χ1) is 13.2. The van der Waals surface area contributed by atoms with Crippen molar-refractivity contribution in [2.75, 3.05) is 5.32 Å². The van der Waals surface area contributed by atoms with E-state index in [2.05, 4.69) is 19.9 Å². The number of nitrogens with zero attached hydrogens (tertiary/aromatic N) is 3. The fraction of sp³-hybridized carbons (Fsp3) is 0.381. The number of carbonyl (C=O) groups excluding carboxylic acids is 1. The second-order valence-electron chi connectivity index (χ2n) is 7.25. The molecule has 0 aliphatic heterocycles. The van der Waals surface area contributed by atoms with Crippen molar-refractivity contribution >= 4 is 47.7 Å². The lowest BCUT2D eigenvalue weighted by atomic mass is 10.00. The molecule has 2 aromatic heterocycles. The van der Waals surface area contributed by atoms with Crippen LogP contribution in [0.5, 0.6) is 0 Å². The quantitative estimate of drug-likeness (QED) is 0.612. The highest BCUT2D eigenvalue weighted by Gasteiger charge is 2.26. The largest absolute Gasteiger partial charge is 0.327 e. The summed E-state index contributed by atoms with van der Waals surface area (Å²) in [5.74, 6) is 0.867. The molecule has 1 saturated carbocycles. The summed E-state index contributed by atoms with van der Waals surface area (Å²) >= 11 is 0. The van der Waals surface area contributed by atoms with Crippen LogP contribution in [-0.4, -0.2) is 26.5 Å². The zero-order valence-electron chi connectivity index (χ0n) is 16.2.